The average Bonchev–Trinajstić information content (AvgIpc) is 2.71. The number of carbonyl (C=O) groups excluding carboxylic acids is 2. The van der Waals surface area contributed by atoms with Gasteiger partial charge in [-0.05, 0) is 54.7 Å². The van der Waals surface area contributed by atoms with Crippen molar-refractivity contribution in [1.82, 2.24) is 0 Å². The summed E-state index contributed by atoms with van der Waals surface area (Å²) in [4.78, 5) is 34.4. The monoisotopic (exact) mass is 403 g/mol. The standard InChI is InChI=1S/C20H18ClNO6/c1-27-19(24)14-4-7-18(17(10-14)22(25)26)28-12-20(11-23)8-2-3-13-9-15(21)5-6-16(13)20/h4-7,9-11H,2-3,8,12H2,1H3/t20-/m0/s1. The van der Waals surface area contributed by atoms with Gasteiger partial charge < -0.3 is 14.3 Å². The summed E-state index contributed by atoms with van der Waals surface area (Å²) in [6, 6.07) is 9.19. The molecule has 0 fully saturated rings. The van der Waals surface area contributed by atoms with Crippen LogP contribution in [0.2, 0.25) is 5.02 Å². The Bertz CT molecular complexity index is 944. The van der Waals surface area contributed by atoms with E-state index in [0.717, 1.165) is 36.3 Å². The molecule has 0 saturated heterocycles. The Labute approximate surface area is 166 Å². The van der Waals surface area contributed by atoms with Gasteiger partial charge in [0.05, 0.1) is 23.0 Å². The van der Waals surface area contributed by atoms with Crippen LogP contribution in [0.4, 0.5) is 5.69 Å². The fourth-order valence-corrected chi connectivity index (χ4v) is 3.72. The molecular formula is C20H18ClNO6. The lowest BCUT2D eigenvalue weighted by Gasteiger charge is -2.34. The smallest absolute Gasteiger partial charge is 0.338 e. The van der Waals surface area contributed by atoms with Crippen molar-refractivity contribution in [2.24, 2.45) is 0 Å². The van der Waals surface area contributed by atoms with Crippen molar-refractivity contribution in [3.63, 3.8) is 0 Å². The Kier molecular flexibility index (Phi) is 5.65. The summed E-state index contributed by atoms with van der Waals surface area (Å²) in [7, 11) is 1.19. The van der Waals surface area contributed by atoms with E-state index in [1.807, 2.05) is 12.1 Å². The van der Waals surface area contributed by atoms with Crippen molar-refractivity contribution >= 4 is 29.5 Å². The number of nitrogens with zero attached hydrogens (tertiary/aromatic N) is 1. The largest absolute Gasteiger partial charge is 0.485 e. The minimum absolute atomic E-state index is 0.0139. The van der Waals surface area contributed by atoms with Gasteiger partial charge in [0.15, 0.2) is 5.75 Å². The molecule has 7 nitrogen and oxygen atoms in total. The van der Waals surface area contributed by atoms with E-state index in [9.17, 15) is 19.7 Å². The molecular weight excluding hydrogens is 386 g/mol. The van der Waals surface area contributed by atoms with E-state index in [-0.39, 0.29) is 23.6 Å². The summed E-state index contributed by atoms with van der Waals surface area (Å²) in [6.45, 7) is -0.0520. The minimum atomic E-state index is -0.910. The van der Waals surface area contributed by atoms with Gasteiger partial charge in [-0.15, -0.1) is 0 Å². The summed E-state index contributed by atoms with van der Waals surface area (Å²) in [6.07, 6.45) is 2.99. The van der Waals surface area contributed by atoms with Crippen molar-refractivity contribution in [3.8, 4) is 5.75 Å². The van der Waals surface area contributed by atoms with Crippen LogP contribution in [0, 0.1) is 10.1 Å². The third-order valence-corrected chi connectivity index (χ3v) is 5.20. The minimum Gasteiger partial charge on any atom is -0.485 e. The number of esters is 1. The molecule has 2 aromatic carbocycles. The van der Waals surface area contributed by atoms with Gasteiger partial charge in [-0.3, -0.25) is 10.1 Å². The molecule has 0 heterocycles. The zero-order chi connectivity index (χ0) is 20.3. The highest BCUT2D eigenvalue weighted by Crippen LogP contribution is 2.39. The molecule has 2 aromatic rings. The summed E-state index contributed by atoms with van der Waals surface area (Å²) in [5.74, 6) is -0.697. The first kappa shape index (κ1) is 19.8. The molecule has 1 aliphatic carbocycles. The van der Waals surface area contributed by atoms with Crippen LogP contribution in [-0.2, 0) is 21.4 Å². The molecule has 1 atom stereocenters. The quantitative estimate of drug-likeness (QED) is 0.314. The third-order valence-electron chi connectivity index (χ3n) is 4.96. The van der Waals surface area contributed by atoms with Crippen LogP contribution >= 0.6 is 11.6 Å². The predicted molar refractivity (Wildman–Crippen MR) is 102 cm³/mol. The van der Waals surface area contributed by atoms with Gasteiger partial charge >= 0.3 is 11.7 Å². The molecule has 3 rings (SSSR count). The van der Waals surface area contributed by atoms with E-state index in [1.54, 1.807) is 6.07 Å². The molecule has 0 aromatic heterocycles. The van der Waals surface area contributed by atoms with Crippen LogP contribution in [0.5, 0.6) is 5.75 Å². The van der Waals surface area contributed by atoms with Crippen LogP contribution in [0.25, 0.3) is 0 Å². The van der Waals surface area contributed by atoms with Gasteiger partial charge in [-0.2, -0.15) is 0 Å². The molecule has 1 aliphatic rings. The number of rotatable bonds is 6. The molecule has 28 heavy (non-hydrogen) atoms. The average molecular weight is 404 g/mol. The van der Waals surface area contributed by atoms with Crippen molar-refractivity contribution in [2.75, 3.05) is 13.7 Å². The van der Waals surface area contributed by atoms with Crippen molar-refractivity contribution < 1.29 is 24.0 Å². The Morgan fingerprint density at radius 2 is 2.11 bits per heavy atom. The topological polar surface area (TPSA) is 95.7 Å². The van der Waals surface area contributed by atoms with Crippen molar-refractivity contribution in [3.05, 3.63) is 68.2 Å². The maximum Gasteiger partial charge on any atom is 0.338 e. The number of aryl methyl sites for hydroxylation is 1. The van der Waals surface area contributed by atoms with Crippen LogP contribution in [0.3, 0.4) is 0 Å². The molecule has 0 spiro atoms. The highest BCUT2D eigenvalue weighted by atomic mass is 35.5. The summed E-state index contributed by atoms with van der Waals surface area (Å²) >= 11 is 6.06. The zero-order valence-electron chi connectivity index (χ0n) is 15.1. The fourth-order valence-electron chi connectivity index (χ4n) is 3.52. The maximum atomic E-state index is 12.0. The number of methoxy groups -OCH3 is 1. The SMILES string of the molecule is COC(=O)c1ccc(OC[C@@]2(C=O)CCCc3cc(Cl)ccc32)c([N+](=O)[O-])c1. The molecule has 0 N–H and O–H groups in total. The van der Waals surface area contributed by atoms with Gasteiger partial charge in [0.2, 0.25) is 0 Å². The predicted octanol–water partition coefficient (Wildman–Crippen LogP) is 3.89. The normalized spacial score (nSPS) is 18.1. The maximum absolute atomic E-state index is 12.0. The number of nitro benzene ring substituents is 1. The van der Waals surface area contributed by atoms with Gasteiger partial charge in [-0.1, -0.05) is 17.7 Å². The number of nitro groups is 1. The van der Waals surface area contributed by atoms with Gasteiger partial charge in [0, 0.05) is 11.1 Å². The number of halogens is 1. The first-order chi connectivity index (χ1) is 13.4. The van der Waals surface area contributed by atoms with Crippen LogP contribution in [-0.4, -0.2) is 30.9 Å². The number of ether oxygens (including phenoxy) is 2. The molecule has 0 radical (unpaired) electrons. The summed E-state index contributed by atoms with van der Waals surface area (Å²) in [5.41, 5.74) is 0.574. The third kappa shape index (κ3) is 3.71. The lowest BCUT2D eigenvalue weighted by molar-refractivity contribution is -0.385. The number of fused-ring (bicyclic) bond motifs is 1. The molecule has 0 saturated carbocycles. The summed E-state index contributed by atoms with van der Waals surface area (Å²) < 4.78 is 10.3. The molecule has 0 amide bonds. The molecule has 8 heteroatoms. The summed E-state index contributed by atoms with van der Waals surface area (Å²) in [5, 5.41) is 12.0. The van der Waals surface area contributed by atoms with Crippen molar-refractivity contribution in [1.29, 1.82) is 0 Å². The first-order valence-electron chi connectivity index (χ1n) is 8.65. The van der Waals surface area contributed by atoms with Crippen LogP contribution in [0.15, 0.2) is 36.4 Å². The van der Waals surface area contributed by atoms with E-state index < -0.39 is 16.3 Å². The van der Waals surface area contributed by atoms with Gasteiger partial charge in [0.25, 0.3) is 0 Å². The Hall–Kier alpha value is -2.93. The van der Waals surface area contributed by atoms with Crippen LogP contribution in [0.1, 0.15) is 34.3 Å². The second kappa shape index (κ2) is 7.98. The lowest BCUT2D eigenvalue weighted by Crippen LogP contribution is -2.38. The molecule has 146 valence electrons. The Morgan fingerprint density at radius 3 is 2.79 bits per heavy atom. The second-order valence-electron chi connectivity index (χ2n) is 6.65. The highest BCUT2D eigenvalue weighted by molar-refractivity contribution is 6.30. The zero-order valence-corrected chi connectivity index (χ0v) is 15.9. The number of hydrogen-bond donors (Lipinski definition) is 0. The van der Waals surface area contributed by atoms with Gasteiger partial charge in [-0.25, -0.2) is 4.79 Å². The van der Waals surface area contributed by atoms with E-state index in [0.29, 0.717) is 11.4 Å². The second-order valence-corrected chi connectivity index (χ2v) is 7.09. The van der Waals surface area contributed by atoms with E-state index in [2.05, 4.69) is 4.74 Å². The fraction of sp³-hybridized carbons (Fsp3) is 0.300. The van der Waals surface area contributed by atoms with Crippen molar-refractivity contribution in [2.45, 2.75) is 24.7 Å². The first-order valence-corrected chi connectivity index (χ1v) is 9.03. The Balaban J connectivity index is 1.92. The molecule has 0 unspecified atom stereocenters. The molecule has 0 aliphatic heterocycles. The number of carbonyl (C=O) groups is 2. The van der Waals surface area contributed by atoms with Crippen LogP contribution < -0.4 is 4.74 Å². The molecule has 0 bridgehead atoms. The Morgan fingerprint density at radius 1 is 1.32 bits per heavy atom. The highest BCUT2D eigenvalue weighted by Gasteiger charge is 2.38. The van der Waals surface area contributed by atoms with Gasteiger partial charge in [0.1, 0.15) is 12.9 Å². The lowest BCUT2D eigenvalue weighted by atomic mass is 9.71. The van der Waals surface area contributed by atoms with E-state index in [4.69, 9.17) is 16.3 Å². The number of hydrogen-bond acceptors (Lipinski definition) is 6. The number of benzene rings is 2. The van der Waals surface area contributed by atoms with E-state index in [1.165, 1.54) is 19.2 Å². The number of aldehydes is 1. The van der Waals surface area contributed by atoms with E-state index >= 15 is 0 Å².